The molecule has 8 heteroatoms. The molecule has 4 aromatic carbocycles. The summed E-state index contributed by atoms with van der Waals surface area (Å²) in [7, 11) is 0. The van der Waals surface area contributed by atoms with Gasteiger partial charge in [-0.05, 0) is 52.9 Å². The molecule has 0 saturated carbocycles. The molecule has 0 bridgehead atoms. The predicted molar refractivity (Wildman–Crippen MR) is 153 cm³/mol. The minimum absolute atomic E-state index is 0.0643. The number of nitriles is 1. The molecule has 0 spiro atoms. The molecule has 0 aliphatic carbocycles. The van der Waals surface area contributed by atoms with Gasteiger partial charge in [0.25, 0.3) is 0 Å². The molecule has 0 heterocycles. The summed E-state index contributed by atoms with van der Waals surface area (Å²) in [5, 5.41) is 30.9. The van der Waals surface area contributed by atoms with Crippen molar-refractivity contribution in [3.8, 4) is 28.7 Å². The van der Waals surface area contributed by atoms with Gasteiger partial charge in [-0.3, -0.25) is 4.79 Å². The van der Waals surface area contributed by atoms with Gasteiger partial charge in [0.15, 0.2) is 0 Å². The molecule has 1 atom stereocenters. The zero-order valence-corrected chi connectivity index (χ0v) is 22.6. The van der Waals surface area contributed by atoms with Crippen molar-refractivity contribution >= 4 is 5.97 Å². The zero-order chi connectivity index (χ0) is 29.2. The summed E-state index contributed by atoms with van der Waals surface area (Å²) >= 11 is 0. The lowest BCUT2D eigenvalue weighted by atomic mass is 9.97. The quantitative estimate of drug-likeness (QED) is 0.193. The highest BCUT2D eigenvalue weighted by atomic mass is 19.1. The molecule has 3 N–H and O–H groups in total. The largest absolute Gasteiger partial charge is 0.489 e. The van der Waals surface area contributed by atoms with Crippen molar-refractivity contribution < 1.29 is 28.9 Å². The van der Waals surface area contributed by atoms with Gasteiger partial charge < -0.3 is 25.0 Å². The Kier molecular flexibility index (Phi) is 10.1. The molecule has 0 aliphatic heterocycles. The number of ether oxygens (including phenoxy) is 2. The van der Waals surface area contributed by atoms with Gasteiger partial charge in [-0.1, -0.05) is 60.7 Å². The summed E-state index contributed by atoms with van der Waals surface area (Å²) in [5.74, 6) is -0.593. The van der Waals surface area contributed by atoms with Crippen LogP contribution in [0.5, 0.6) is 11.5 Å². The number of carboxylic acids is 1. The van der Waals surface area contributed by atoms with Gasteiger partial charge in [-0.25, -0.2) is 4.39 Å². The molecule has 4 rings (SSSR count). The third kappa shape index (κ3) is 8.15. The number of aliphatic carboxylic acids is 1. The van der Waals surface area contributed by atoms with E-state index in [1.54, 1.807) is 12.1 Å². The number of aliphatic hydroxyl groups excluding tert-OH is 1. The molecular weight excluding hydrogens is 523 g/mol. The van der Waals surface area contributed by atoms with Crippen LogP contribution in [0.1, 0.15) is 34.2 Å². The maximum absolute atomic E-state index is 13.8. The van der Waals surface area contributed by atoms with Gasteiger partial charge in [0.05, 0.1) is 18.1 Å². The maximum Gasteiger partial charge on any atom is 0.306 e. The fraction of sp³-hybridized carbons (Fsp3) is 0.212. The topological polar surface area (TPSA) is 112 Å². The molecule has 0 aliphatic rings. The van der Waals surface area contributed by atoms with Gasteiger partial charge in [-0.15, -0.1) is 0 Å². The standard InChI is InChI=1S/C33H31FN2O5/c1-22-26(8-5-9-30(22)24-6-3-2-4-7-24)21-40-29-12-11-25(18-36-19-28(37)15-33(38)39)32(16-29)41-20-23-10-13-31(34)27(14-23)17-35/h2-14,16,28,36-37H,15,18-21H2,1H3,(H,38,39)/t28-/m0/s1. The number of nitrogens with one attached hydrogen (secondary N) is 1. The fourth-order valence-corrected chi connectivity index (χ4v) is 4.39. The van der Waals surface area contributed by atoms with Crippen molar-refractivity contribution in [1.82, 2.24) is 5.32 Å². The van der Waals surface area contributed by atoms with Crippen LogP contribution >= 0.6 is 0 Å². The van der Waals surface area contributed by atoms with Crippen molar-refractivity contribution in [3.05, 3.63) is 119 Å². The summed E-state index contributed by atoms with van der Waals surface area (Å²) in [5.41, 5.74) is 5.75. The number of carbonyl (C=O) groups is 1. The summed E-state index contributed by atoms with van der Waals surface area (Å²) in [6, 6.07) is 27.8. The van der Waals surface area contributed by atoms with Gasteiger partial charge in [-0.2, -0.15) is 5.26 Å². The molecule has 210 valence electrons. The van der Waals surface area contributed by atoms with Crippen LogP contribution in [0.3, 0.4) is 0 Å². The summed E-state index contributed by atoms with van der Waals surface area (Å²) < 4.78 is 26.0. The van der Waals surface area contributed by atoms with E-state index in [0.717, 1.165) is 27.8 Å². The SMILES string of the molecule is Cc1c(COc2ccc(CNC[C@@H](O)CC(=O)O)c(OCc3ccc(F)c(C#N)c3)c2)cccc1-c1ccccc1. The number of rotatable bonds is 13. The van der Waals surface area contributed by atoms with Crippen LogP contribution in [0.2, 0.25) is 0 Å². The van der Waals surface area contributed by atoms with E-state index in [1.165, 1.54) is 12.1 Å². The Balaban J connectivity index is 1.50. The second-order valence-corrected chi connectivity index (χ2v) is 9.61. The molecule has 0 aromatic heterocycles. The lowest BCUT2D eigenvalue weighted by molar-refractivity contribution is -0.139. The molecule has 0 amide bonds. The molecule has 41 heavy (non-hydrogen) atoms. The third-order valence-corrected chi connectivity index (χ3v) is 6.61. The number of halogens is 1. The number of benzene rings is 4. The number of nitrogens with zero attached hydrogens (tertiary/aromatic N) is 1. The molecular formula is C33H31FN2O5. The first-order valence-corrected chi connectivity index (χ1v) is 13.2. The van der Waals surface area contributed by atoms with Crippen LogP contribution in [-0.4, -0.2) is 28.8 Å². The van der Waals surface area contributed by atoms with Crippen LogP contribution in [0, 0.1) is 24.1 Å². The Labute approximate surface area is 238 Å². The van der Waals surface area contributed by atoms with E-state index in [4.69, 9.17) is 19.8 Å². The van der Waals surface area contributed by atoms with E-state index in [2.05, 4.69) is 30.4 Å². The summed E-state index contributed by atoms with van der Waals surface area (Å²) in [6.07, 6.45) is -1.39. The lowest BCUT2D eigenvalue weighted by Crippen LogP contribution is -2.28. The van der Waals surface area contributed by atoms with Crippen LogP contribution in [-0.2, 0) is 24.6 Å². The number of carboxylic acid groups (broad SMARTS) is 1. The normalized spacial score (nSPS) is 11.5. The van der Waals surface area contributed by atoms with Crippen molar-refractivity contribution in [2.24, 2.45) is 0 Å². The first-order chi connectivity index (χ1) is 19.8. The van der Waals surface area contributed by atoms with Crippen LogP contribution in [0.15, 0.2) is 84.9 Å². The third-order valence-electron chi connectivity index (χ3n) is 6.61. The molecule has 4 aromatic rings. The highest BCUT2D eigenvalue weighted by Crippen LogP contribution is 2.29. The van der Waals surface area contributed by atoms with Gasteiger partial charge in [0.1, 0.15) is 36.6 Å². The number of hydrogen-bond donors (Lipinski definition) is 3. The first-order valence-electron chi connectivity index (χ1n) is 13.2. The molecule has 0 radical (unpaired) electrons. The van der Waals surface area contributed by atoms with Crippen LogP contribution < -0.4 is 14.8 Å². The molecule has 0 fully saturated rings. The van der Waals surface area contributed by atoms with Crippen molar-refractivity contribution in [2.45, 2.75) is 39.2 Å². The minimum Gasteiger partial charge on any atom is -0.489 e. The molecule has 0 unspecified atom stereocenters. The first kappa shape index (κ1) is 29.3. The second-order valence-electron chi connectivity index (χ2n) is 9.61. The second kappa shape index (κ2) is 14.1. The summed E-state index contributed by atoms with van der Waals surface area (Å²) in [6.45, 7) is 2.89. The fourth-order valence-electron chi connectivity index (χ4n) is 4.39. The van der Waals surface area contributed by atoms with Crippen molar-refractivity contribution in [2.75, 3.05) is 6.54 Å². The van der Waals surface area contributed by atoms with Gasteiger partial charge >= 0.3 is 5.97 Å². The van der Waals surface area contributed by atoms with Crippen LogP contribution in [0.4, 0.5) is 4.39 Å². The van der Waals surface area contributed by atoms with Gasteiger partial charge in [0, 0.05) is 24.7 Å². The van der Waals surface area contributed by atoms with Gasteiger partial charge in [0.2, 0.25) is 0 Å². The average molecular weight is 555 g/mol. The van der Waals surface area contributed by atoms with E-state index in [-0.39, 0.29) is 25.1 Å². The van der Waals surface area contributed by atoms with Crippen LogP contribution in [0.25, 0.3) is 11.1 Å². The highest BCUT2D eigenvalue weighted by Gasteiger charge is 2.13. The Morgan fingerprint density at radius 1 is 0.976 bits per heavy atom. The van der Waals surface area contributed by atoms with E-state index in [9.17, 15) is 14.3 Å². The molecule has 0 saturated heterocycles. The monoisotopic (exact) mass is 554 g/mol. The van der Waals surface area contributed by atoms with Crippen molar-refractivity contribution in [3.63, 3.8) is 0 Å². The van der Waals surface area contributed by atoms with E-state index in [0.29, 0.717) is 30.2 Å². The number of aliphatic hydroxyl groups is 1. The maximum atomic E-state index is 13.8. The van der Waals surface area contributed by atoms with Crippen molar-refractivity contribution in [1.29, 1.82) is 5.26 Å². The lowest BCUT2D eigenvalue weighted by Gasteiger charge is -2.17. The Morgan fingerprint density at radius 2 is 1.78 bits per heavy atom. The molecule has 7 nitrogen and oxygen atoms in total. The van der Waals surface area contributed by atoms with E-state index in [1.807, 2.05) is 48.5 Å². The zero-order valence-electron chi connectivity index (χ0n) is 22.6. The summed E-state index contributed by atoms with van der Waals surface area (Å²) in [4.78, 5) is 10.8. The van der Waals surface area contributed by atoms with E-state index >= 15 is 0 Å². The Morgan fingerprint density at radius 3 is 2.54 bits per heavy atom. The average Bonchev–Trinajstić information content (AvgIpc) is 2.97. The van der Waals surface area contributed by atoms with E-state index < -0.39 is 17.9 Å². The smallest absolute Gasteiger partial charge is 0.306 e. The Bertz CT molecular complexity index is 1530. The highest BCUT2D eigenvalue weighted by molar-refractivity contribution is 5.68. The minimum atomic E-state index is -1.08. The Hall–Kier alpha value is -4.71. The predicted octanol–water partition coefficient (Wildman–Crippen LogP) is 5.76. The number of hydrogen-bond acceptors (Lipinski definition) is 6.